The van der Waals surface area contributed by atoms with Crippen LogP contribution in [0.3, 0.4) is 0 Å². The summed E-state index contributed by atoms with van der Waals surface area (Å²) in [5.41, 5.74) is 0. The summed E-state index contributed by atoms with van der Waals surface area (Å²) in [6.45, 7) is 1.97. The Labute approximate surface area is 96.7 Å². The van der Waals surface area contributed by atoms with Crippen LogP contribution in [0.1, 0.15) is 19.8 Å². The first kappa shape index (κ1) is 14.8. The number of rotatable bonds is 8. The molecule has 0 aliphatic rings. The summed E-state index contributed by atoms with van der Waals surface area (Å²) in [7, 11) is 0. The van der Waals surface area contributed by atoms with Gasteiger partial charge in [-0.25, -0.2) is 8.78 Å². The highest BCUT2D eigenvalue weighted by Gasteiger charge is 2.06. The van der Waals surface area contributed by atoms with Crippen LogP contribution in [-0.2, 0) is 9.53 Å². The fourth-order valence-electron chi connectivity index (χ4n) is 0.795. The number of halogens is 3. The van der Waals surface area contributed by atoms with Gasteiger partial charge in [-0.3, -0.25) is 4.79 Å². The van der Waals surface area contributed by atoms with E-state index in [0.717, 1.165) is 6.42 Å². The van der Waals surface area contributed by atoms with Crippen LogP contribution in [0, 0.1) is 0 Å². The van der Waals surface area contributed by atoms with Gasteiger partial charge >= 0.3 is 0 Å². The van der Waals surface area contributed by atoms with Crippen molar-refractivity contribution in [1.82, 2.24) is 5.32 Å². The molecule has 0 saturated heterocycles. The van der Waals surface area contributed by atoms with E-state index in [0.29, 0.717) is 6.54 Å². The Morgan fingerprint density at radius 1 is 1.53 bits per heavy atom. The molecule has 15 heavy (non-hydrogen) atoms. The van der Waals surface area contributed by atoms with Crippen molar-refractivity contribution in [2.75, 3.05) is 19.8 Å². The summed E-state index contributed by atoms with van der Waals surface area (Å²) in [6.07, 6.45) is -1.43. The maximum Gasteiger partial charge on any atom is 0.261 e. The van der Waals surface area contributed by atoms with Gasteiger partial charge in [-0.2, -0.15) is 0 Å². The van der Waals surface area contributed by atoms with E-state index < -0.39 is 13.0 Å². The summed E-state index contributed by atoms with van der Waals surface area (Å²) in [4.78, 5) is 11.4. The quantitative estimate of drug-likeness (QED) is 0.547. The van der Waals surface area contributed by atoms with Gasteiger partial charge < -0.3 is 10.1 Å². The van der Waals surface area contributed by atoms with E-state index in [1.54, 1.807) is 0 Å². The van der Waals surface area contributed by atoms with Gasteiger partial charge in [-0.15, -0.1) is 0 Å². The van der Waals surface area contributed by atoms with Gasteiger partial charge in [0.15, 0.2) is 0 Å². The van der Waals surface area contributed by atoms with E-state index in [-0.39, 0.29) is 23.8 Å². The van der Waals surface area contributed by atoms with Gasteiger partial charge in [0.1, 0.15) is 6.61 Å². The molecule has 0 saturated carbocycles. The standard InChI is InChI=1S/C9H16BrF2NO2/c1-2-7(10)5-13-9(14)3-4-15-6-8(11)12/h7-8H,2-6H2,1H3,(H,13,14). The average molecular weight is 288 g/mol. The number of carbonyl (C=O) groups is 1. The van der Waals surface area contributed by atoms with Crippen LogP contribution in [0.4, 0.5) is 8.78 Å². The molecule has 0 bridgehead atoms. The number of nitrogens with one attached hydrogen (secondary N) is 1. The molecule has 0 aliphatic heterocycles. The van der Waals surface area contributed by atoms with Crippen LogP contribution in [0.15, 0.2) is 0 Å². The SMILES string of the molecule is CCC(Br)CNC(=O)CCOCC(F)F. The molecule has 0 spiro atoms. The minimum absolute atomic E-state index is 0.0370. The fraction of sp³-hybridized carbons (Fsp3) is 0.889. The molecule has 0 rings (SSSR count). The first-order chi connectivity index (χ1) is 7.06. The van der Waals surface area contributed by atoms with Crippen LogP contribution >= 0.6 is 15.9 Å². The Morgan fingerprint density at radius 2 is 2.20 bits per heavy atom. The second-order valence-electron chi connectivity index (χ2n) is 3.03. The Balaban J connectivity index is 3.34. The molecule has 6 heteroatoms. The Kier molecular flexibility index (Phi) is 8.89. The monoisotopic (exact) mass is 287 g/mol. The Bertz CT molecular complexity index is 181. The smallest absolute Gasteiger partial charge is 0.261 e. The molecule has 3 nitrogen and oxygen atoms in total. The lowest BCUT2D eigenvalue weighted by Gasteiger charge is -2.08. The van der Waals surface area contributed by atoms with Crippen LogP contribution < -0.4 is 5.32 Å². The van der Waals surface area contributed by atoms with Crippen molar-refractivity contribution in [2.45, 2.75) is 31.0 Å². The molecular formula is C9H16BrF2NO2. The van der Waals surface area contributed by atoms with E-state index in [4.69, 9.17) is 0 Å². The molecule has 0 aromatic carbocycles. The highest BCUT2D eigenvalue weighted by molar-refractivity contribution is 9.09. The number of alkyl halides is 3. The zero-order valence-electron chi connectivity index (χ0n) is 8.64. The van der Waals surface area contributed by atoms with Crippen LogP contribution in [0.25, 0.3) is 0 Å². The van der Waals surface area contributed by atoms with Gasteiger partial charge in [0, 0.05) is 17.8 Å². The second-order valence-corrected chi connectivity index (χ2v) is 4.32. The molecule has 0 heterocycles. The lowest BCUT2D eigenvalue weighted by molar-refractivity contribution is -0.122. The van der Waals surface area contributed by atoms with E-state index >= 15 is 0 Å². The van der Waals surface area contributed by atoms with E-state index in [9.17, 15) is 13.6 Å². The first-order valence-corrected chi connectivity index (χ1v) is 5.74. The van der Waals surface area contributed by atoms with E-state index in [1.807, 2.05) is 6.92 Å². The molecule has 90 valence electrons. The lowest BCUT2D eigenvalue weighted by Crippen LogP contribution is -2.30. The molecule has 0 aliphatic carbocycles. The third-order valence-corrected chi connectivity index (χ3v) is 2.65. The molecule has 1 unspecified atom stereocenters. The normalized spacial score (nSPS) is 12.9. The molecular weight excluding hydrogens is 272 g/mol. The van der Waals surface area contributed by atoms with Gasteiger partial charge in [-0.1, -0.05) is 22.9 Å². The van der Waals surface area contributed by atoms with Gasteiger partial charge in [0.05, 0.1) is 6.61 Å². The highest BCUT2D eigenvalue weighted by atomic mass is 79.9. The molecule has 0 fully saturated rings. The van der Waals surface area contributed by atoms with E-state index in [2.05, 4.69) is 26.0 Å². The molecule has 1 N–H and O–H groups in total. The summed E-state index contributed by atoms with van der Waals surface area (Å²) < 4.78 is 27.8. The third kappa shape index (κ3) is 10.1. The maximum absolute atomic E-state index is 11.6. The Morgan fingerprint density at radius 3 is 2.73 bits per heavy atom. The number of amides is 1. The van der Waals surface area contributed by atoms with Gasteiger partial charge in [-0.05, 0) is 6.42 Å². The van der Waals surface area contributed by atoms with Crippen molar-refractivity contribution in [3.63, 3.8) is 0 Å². The summed E-state index contributed by atoms with van der Waals surface area (Å²) in [5, 5.41) is 2.67. The largest absolute Gasteiger partial charge is 0.375 e. The third-order valence-electron chi connectivity index (χ3n) is 1.68. The number of carbonyl (C=O) groups excluding carboxylic acids is 1. The number of hydrogen-bond donors (Lipinski definition) is 1. The topological polar surface area (TPSA) is 38.3 Å². The summed E-state index contributed by atoms with van der Waals surface area (Å²) >= 11 is 3.36. The fourth-order valence-corrected chi connectivity index (χ4v) is 0.956. The zero-order chi connectivity index (χ0) is 11.7. The minimum atomic E-state index is -2.47. The lowest BCUT2D eigenvalue weighted by atomic mass is 10.3. The van der Waals surface area contributed by atoms with E-state index in [1.165, 1.54) is 0 Å². The molecule has 1 amide bonds. The van der Waals surface area contributed by atoms with Gasteiger partial charge in [0.2, 0.25) is 5.91 Å². The van der Waals surface area contributed by atoms with Crippen molar-refractivity contribution < 1.29 is 18.3 Å². The second kappa shape index (κ2) is 9.03. The minimum Gasteiger partial charge on any atom is -0.375 e. The Hall–Kier alpha value is -0.230. The summed E-state index contributed by atoms with van der Waals surface area (Å²) in [5.74, 6) is -0.179. The first-order valence-electron chi connectivity index (χ1n) is 4.83. The molecule has 1 atom stereocenters. The zero-order valence-corrected chi connectivity index (χ0v) is 10.2. The molecule has 0 aromatic rings. The van der Waals surface area contributed by atoms with Crippen molar-refractivity contribution >= 4 is 21.8 Å². The van der Waals surface area contributed by atoms with Crippen molar-refractivity contribution in [2.24, 2.45) is 0 Å². The number of hydrogen-bond acceptors (Lipinski definition) is 2. The van der Waals surface area contributed by atoms with Crippen LogP contribution in [0.5, 0.6) is 0 Å². The van der Waals surface area contributed by atoms with Crippen LogP contribution in [0.2, 0.25) is 0 Å². The predicted molar refractivity (Wildman–Crippen MR) is 57.5 cm³/mol. The van der Waals surface area contributed by atoms with Crippen molar-refractivity contribution in [3.8, 4) is 0 Å². The van der Waals surface area contributed by atoms with Crippen molar-refractivity contribution in [3.05, 3.63) is 0 Å². The van der Waals surface area contributed by atoms with Gasteiger partial charge in [0.25, 0.3) is 6.43 Å². The molecule has 0 aromatic heterocycles. The van der Waals surface area contributed by atoms with Crippen LogP contribution in [-0.4, -0.2) is 36.9 Å². The maximum atomic E-state index is 11.6. The molecule has 0 radical (unpaired) electrons. The average Bonchev–Trinajstić information content (AvgIpc) is 2.20. The highest BCUT2D eigenvalue weighted by Crippen LogP contribution is 2.01. The van der Waals surface area contributed by atoms with Crippen molar-refractivity contribution in [1.29, 1.82) is 0 Å². The predicted octanol–water partition coefficient (Wildman–Crippen LogP) is 1.95. The number of ether oxygens (including phenoxy) is 1. The summed E-state index contributed by atoms with van der Waals surface area (Å²) in [6, 6.07) is 0.